The van der Waals surface area contributed by atoms with E-state index in [0.717, 1.165) is 40.2 Å². The van der Waals surface area contributed by atoms with Crippen molar-refractivity contribution in [1.29, 1.82) is 0 Å². The molecule has 0 unspecified atom stereocenters. The number of hydrogen-bond donors (Lipinski definition) is 1. The molecular weight excluding hydrogens is 394 g/mol. The number of amides is 1. The van der Waals surface area contributed by atoms with Gasteiger partial charge < -0.3 is 9.88 Å². The second-order valence-electron chi connectivity index (χ2n) is 7.96. The monoisotopic (exact) mass is 425 g/mol. The van der Waals surface area contributed by atoms with Crippen LogP contribution in [0.3, 0.4) is 0 Å². The number of carbonyl (C=O) groups is 1. The number of imidazole rings is 1. The summed E-state index contributed by atoms with van der Waals surface area (Å²) in [7, 11) is 0. The van der Waals surface area contributed by atoms with Crippen LogP contribution in [0, 0.1) is 6.92 Å². The van der Waals surface area contributed by atoms with Gasteiger partial charge in [-0.1, -0.05) is 91.3 Å². The molecule has 164 valence electrons. The van der Waals surface area contributed by atoms with Gasteiger partial charge in [-0.05, 0) is 31.9 Å². The predicted molar refractivity (Wildman–Crippen MR) is 133 cm³/mol. The van der Waals surface area contributed by atoms with Crippen LogP contribution >= 0.6 is 0 Å². The summed E-state index contributed by atoms with van der Waals surface area (Å²) in [6.45, 7) is 6.85. The maximum Gasteiger partial charge on any atom is 0.270 e. The zero-order chi connectivity index (χ0) is 22.5. The average molecular weight is 426 g/mol. The minimum atomic E-state index is -0.103. The van der Waals surface area contributed by atoms with Gasteiger partial charge in [-0.15, -0.1) is 0 Å². The highest BCUT2D eigenvalue weighted by Crippen LogP contribution is 2.31. The first-order valence-electron chi connectivity index (χ1n) is 11.2. The zero-order valence-corrected chi connectivity index (χ0v) is 18.9. The van der Waals surface area contributed by atoms with E-state index in [4.69, 9.17) is 4.98 Å². The number of aromatic nitrogens is 2. The Bertz CT molecular complexity index is 1200. The molecule has 0 saturated heterocycles. The van der Waals surface area contributed by atoms with Crippen LogP contribution in [-0.4, -0.2) is 15.5 Å². The van der Waals surface area contributed by atoms with E-state index < -0.39 is 0 Å². The lowest BCUT2D eigenvalue weighted by Crippen LogP contribution is -2.30. The van der Waals surface area contributed by atoms with Gasteiger partial charge >= 0.3 is 0 Å². The molecule has 0 radical (unpaired) electrons. The molecule has 4 rings (SSSR count). The van der Waals surface area contributed by atoms with Crippen molar-refractivity contribution in [3.05, 3.63) is 102 Å². The third kappa shape index (κ3) is 4.35. The first-order valence-corrected chi connectivity index (χ1v) is 11.2. The second kappa shape index (κ2) is 9.65. The molecule has 0 saturated carbocycles. The average Bonchev–Trinajstić information content (AvgIpc) is 3.23. The molecule has 1 aromatic heterocycles. The van der Waals surface area contributed by atoms with Gasteiger partial charge in [-0.2, -0.15) is 0 Å². The fourth-order valence-electron chi connectivity index (χ4n) is 4.13. The van der Waals surface area contributed by atoms with E-state index in [1.807, 2.05) is 65.2 Å². The first-order chi connectivity index (χ1) is 15.6. The Balaban J connectivity index is 0.00000306. The summed E-state index contributed by atoms with van der Waals surface area (Å²) in [5.74, 6) is 0.705. The fraction of sp³-hybridized carbons (Fsp3) is 0.214. The molecule has 4 heteroatoms. The van der Waals surface area contributed by atoms with Gasteiger partial charge in [0.1, 0.15) is 17.2 Å². The van der Waals surface area contributed by atoms with Gasteiger partial charge in [0.2, 0.25) is 0 Å². The van der Waals surface area contributed by atoms with E-state index >= 15 is 0 Å². The number of nitrogens with one attached hydrogen (secondary N) is 1. The third-order valence-corrected chi connectivity index (χ3v) is 5.74. The molecule has 0 spiro atoms. The largest absolute Gasteiger partial charge is 0.344 e. The van der Waals surface area contributed by atoms with Gasteiger partial charge in [0.25, 0.3) is 5.91 Å². The van der Waals surface area contributed by atoms with Crippen molar-refractivity contribution in [2.75, 3.05) is 0 Å². The van der Waals surface area contributed by atoms with Gasteiger partial charge in [-0.25, -0.2) is 4.98 Å². The van der Waals surface area contributed by atoms with Crippen LogP contribution in [0.2, 0.25) is 0 Å². The number of benzene rings is 3. The molecule has 3 aromatic carbocycles. The van der Waals surface area contributed by atoms with E-state index in [-0.39, 0.29) is 13.4 Å². The molecule has 0 aliphatic heterocycles. The van der Waals surface area contributed by atoms with Crippen LogP contribution in [-0.2, 0) is 6.54 Å². The molecule has 1 atom stereocenters. The Kier molecular flexibility index (Phi) is 6.50. The van der Waals surface area contributed by atoms with Crippen molar-refractivity contribution in [3.8, 4) is 22.6 Å². The summed E-state index contributed by atoms with van der Waals surface area (Å²) >= 11 is 0. The van der Waals surface area contributed by atoms with Crippen LogP contribution in [0.15, 0.2) is 84.9 Å². The number of aryl methyl sites for hydroxylation is 1. The minimum Gasteiger partial charge on any atom is -0.344 e. The Morgan fingerprint density at radius 3 is 2.22 bits per heavy atom. The number of nitrogens with zero attached hydrogens (tertiary/aromatic N) is 2. The highest BCUT2D eigenvalue weighted by molar-refractivity contribution is 5.99. The van der Waals surface area contributed by atoms with E-state index in [2.05, 4.69) is 50.4 Å². The van der Waals surface area contributed by atoms with Crippen LogP contribution in [0.1, 0.15) is 49.4 Å². The van der Waals surface area contributed by atoms with Gasteiger partial charge in [-0.3, -0.25) is 4.79 Å². The van der Waals surface area contributed by atoms with Crippen molar-refractivity contribution in [3.63, 3.8) is 0 Å². The Labute approximate surface area is 191 Å². The van der Waals surface area contributed by atoms with Gasteiger partial charge in [0, 0.05) is 19.1 Å². The van der Waals surface area contributed by atoms with E-state index in [9.17, 15) is 4.79 Å². The van der Waals surface area contributed by atoms with Crippen molar-refractivity contribution in [1.82, 2.24) is 14.9 Å². The molecule has 1 amide bonds. The minimum absolute atomic E-state index is 0. The normalized spacial score (nSPS) is 11.8. The van der Waals surface area contributed by atoms with E-state index in [0.29, 0.717) is 12.2 Å². The Hall–Kier alpha value is -3.66. The maximum atomic E-state index is 13.7. The molecule has 0 aliphatic carbocycles. The topological polar surface area (TPSA) is 46.9 Å². The van der Waals surface area contributed by atoms with E-state index in [1.165, 1.54) is 0 Å². The second-order valence-corrected chi connectivity index (χ2v) is 7.96. The number of carbonyl (C=O) groups excluding carboxylic acids is 1. The first kappa shape index (κ1) is 21.6. The summed E-state index contributed by atoms with van der Waals surface area (Å²) in [6.07, 6.45) is 0.807. The van der Waals surface area contributed by atoms with Crippen molar-refractivity contribution in [2.24, 2.45) is 0 Å². The summed E-state index contributed by atoms with van der Waals surface area (Å²) in [4.78, 5) is 18.7. The van der Waals surface area contributed by atoms with Crippen LogP contribution < -0.4 is 5.32 Å². The molecule has 4 nitrogen and oxygen atoms in total. The molecule has 1 heterocycles. The molecule has 0 fully saturated rings. The zero-order valence-electron chi connectivity index (χ0n) is 18.9. The van der Waals surface area contributed by atoms with Crippen molar-refractivity contribution >= 4 is 5.91 Å². The van der Waals surface area contributed by atoms with Gasteiger partial charge in [0.15, 0.2) is 0 Å². The molecule has 4 aromatic rings. The molecule has 0 bridgehead atoms. The third-order valence-electron chi connectivity index (χ3n) is 5.74. The summed E-state index contributed by atoms with van der Waals surface area (Å²) in [5.41, 5.74) is 5.51. The molecule has 32 heavy (non-hydrogen) atoms. The SMILES string of the molecule is CC[C@H](NC(=O)c1c(-c2cccc(C)c2)nc(-c2ccccc2)n1CC)c1ccccc1.[HH]. The molecule has 1 N–H and O–H groups in total. The molecular formula is C28H31N3O. The lowest BCUT2D eigenvalue weighted by molar-refractivity contribution is 0.0927. The van der Waals surface area contributed by atoms with E-state index in [1.54, 1.807) is 0 Å². The standard InChI is InChI=1S/C28H29N3O.H2/c1-4-24(21-14-8-6-9-15-21)29-28(32)26-25(23-18-12-13-20(3)19-23)30-27(31(26)5-2)22-16-10-7-11-17-22;/h6-19,24H,4-5H2,1-3H3,(H,29,32);1H/t24-;/m0./s1. The maximum absolute atomic E-state index is 13.7. The lowest BCUT2D eigenvalue weighted by atomic mass is 10.0. The summed E-state index contributed by atoms with van der Waals surface area (Å²) < 4.78 is 2.03. The highest BCUT2D eigenvalue weighted by atomic mass is 16.2. The number of hydrogen-bond acceptors (Lipinski definition) is 2. The smallest absolute Gasteiger partial charge is 0.270 e. The molecule has 0 aliphatic rings. The van der Waals surface area contributed by atoms with Crippen LogP contribution in [0.25, 0.3) is 22.6 Å². The predicted octanol–water partition coefficient (Wildman–Crippen LogP) is 6.67. The van der Waals surface area contributed by atoms with Crippen LogP contribution in [0.4, 0.5) is 0 Å². The summed E-state index contributed by atoms with van der Waals surface area (Å²) in [6, 6.07) is 28.3. The Morgan fingerprint density at radius 1 is 0.938 bits per heavy atom. The summed E-state index contributed by atoms with van der Waals surface area (Å²) in [5, 5.41) is 3.26. The Morgan fingerprint density at radius 2 is 1.59 bits per heavy atom. The highest BCUT2D eigenvalue weighted by Gasteiger charge is 2.26. The van der Waals surface area contributed by atoms with Crippen LogP contribution in [0.5, 0.6) is 0 Å². The quantitative estimate of drug-likeness (QED) is 0.359. The van der Waals surface area contributed by atoms with Gasteiger partial charge in [0.05, 0.1) is 6.04 Å². The fourth-order valence-corrected chi connectivity index (χ4v) is 4.13. The lowest BCUT2D eigenvalue weighted by Gasteiger charge is -2.19. The van der Waals surface area contributed by atoms with Crippen molar-refractivity contribution < 1.29 is 6.22 Å². The van der Waals surface area contributed by atoms with Crippen molar-refractivity contribution in [2.45, 2.75) is 39.8 Å². The number of rotatable bonds is 7.